The van der Waals surface area contributed by atoms with Gasteiger partial charge in [0, 0.05) is 25.8 Å². The van der Waals surface area contributed by atoms with Gasteiger partial charge >= 0.3 is 0 Å². The van der Waals surface area contributed by atoms with E-state index in [1.54, 1.807) is 6.92 Å². The van der Waals surface area contributed by atoms with Crippen LogP contribution in [0, 0.1) is 0 Å². The summed E-state index contributed by atoms with van der Waals surface area (Å²) in [6.07, 6.45) is 7.02. The van der Waals surface area contributed by atoms with Crippen molar-refractivity contribution in [3.8, 4) is 0 Å². The predicted molar refractivity (Wildman–Crippen MR) is 90.9 cm³/mol. The van der Waals surface area contributed by atoms with Crippen LogP contribution < -0.4 is 4.72 Å². The summed E-state index contributed by atoms with van der Waals surface area (Å²) in [5.74, 6) is 1.32. The van der Waals surface area contributed by atoms with Crippen molar-refractivity contribution in [1.82, 2.24) is 19.2 Å². The van der Waals surface area contributed by atoms with Crippen LogP contribution >= 0.6 is 0 Å². The lowest BCUT2D eigenvalue weighted by atomic mass is 10.0. The van der Waals surface area contributed by atoms with Gasteiger partial charge in [0.2, 0.25) is 10.0 Å². The first kappa shape index (κ1) is 16.9. The van der Waals surface area contributed by atoms with Crippen molar-refractivity contribution < 1.29 is 8.42 Å². The van der Waals surface area contributed by atoms with Crippen molar-refractivity contribution >= 4 is 10.0 Å². The number of hydrogen-bond acceptors (Lipinski definition) is 4. The van der Waals surface area contributed by atoms with E-state index < -0.39 is 10.0 Å². The largest absolute Gasteiger partial charge is 0.334 e. The molecule has 0 aromatic carbocycles. The van der Waals surface area contributed by atoms with E-state index in [0.29, 0.717) is 12.6 Å². The molecule has 0 saturated carbocycles. The van der Waals surface area contributed by atoms with Gasteiger partial charge in [-0.05, 0) is 52.0 Å². The van der Waals surface area contributed by atoms with Crippen molar-refractivity contribution in [2.24, 2.45) is 7.05 Å². The third-order valence-corrected chi connectivity index (χ3v) is 6.58. The average Bonchev–Trinajstić information content (AvgIpc) is 3.12. The van der Waals surface area contributed by atoms with E-state index in [2.05, 4.69) is 21.2 Å². The molecule has 1 N–H and O–H groups in total. The van der Waals surface area contributed by atoms with Crippen LogP contribution in [0.2, 0.25) is 0 Å². The topological polar surface area (TPSA) is 67.2 Å². The first-order chi connectivity index (χ1) is 11.0. The highest BCUT2D eigenvalue weighted by molar-refractivity contribution is 7.89. The summed E-state index contributed by atoms with van der Waals surface area (Å²) in [4.78, 5) is 7.32. The molecule has 6 nitrogen and oxygen atoms in total. The Hall–Kier alpha value is -0.920. The zero-order chi connectivity index (χ0) is 16.4. The lowest BCUT2D eigenvalue weighted by molar-refractivity contribution is 0.249. The molecule has 0 unspecified atom stereocenters. The maximum atomic E-state index is 11.6. The zero-order valence-corrected chi connectivity index (χ0v) is 15.0. The van der Waals surface area contributed by atoms with Gasteiger partial charge in [-0.15, -0.1) is 0 Å². The molecule has 1 aromatic rings. The van der Waals surface area contributed by atoms with Gasteiger partial charge in [-0.2, -0.15) is 0 Å². The number of rotatable bonds is 6. The second-order valence-corrected chi connectivity index (χ2v) is 8.72. The van der Waals surface area contributed by atoms with Crippen LogP contribution in [0.3, 0.4) is 0 Å². The average molecular weight is 340 g/mol. The Morgan fingerprint density at radius 3 is 2.78 bits per heavy atom. The molecule has 2 aliphatic rings. The molecule has 7 heteroatoms. The van der Waals surface area contributed by atoms with Crippen molar-refractivity contribution in [1.29, 1.82) is 0 Å². The summed E-state index contributed by atoms with van der Waals surface area (Å²) >= 11 is 0. The Labute approximate surface area is 139 Å². The highest BCUT2D eigenvalue weighted by atomic mass is 32.2. The van der Waals surface area contributed by atoms with Crippen LogP contribution in [0.1, 0.15) is 55.9 Å². The van der Waals surface area contributed by atoms with Crippen molar-refractivity contribution in [2.75, 3.05) is 25.4 Å². The Kier molecular flexibility index (Phi) is 5.08. The van der Waals surface area contributed by atoms with Crippen molar-refractivity contribution in [2.45, 2.75) is 51.5 Å². The molecule has 1 aromatic heterocycles. The summed E-state index contributed by atoms with van der Waals surface area (Å²) in [6, 6.07) is 0.330. The summed E-state index contributed by atoms with van der Waals surface area (Å²) in [6.45, 7) is 3.92. The van der Waals surface area contributed by atoms with E-state index in [1.807, 2.05) is 0 Å². The lowest BCUT2D eigenvalue weighted by Gasteiger charge is -2.24. The van der Waals surface area contributed by atoms with Gasteiger partial charge in [0.1, 0.15) is 5.82 Å². The molecule has 23 heavy (non-hydrogen) atoms. The first-order valence-corrected chi connectivity index (χ1v) is 10.4. The highest BCUT2D eigenvalue weighted by Crippen LogP contribution is 2.33. The van der Waals surface area contributed by atoms with Gasteiger partial charge in [0.15, 0.2) is 0 Å². The van der Waals surface area contributed by atoms with Gasteiger partial charge in [-0.3, -0.25) is 4.90 Å². The van der Waals surface area contributed by atoms with Gasteiger partial charge < -0.3 is 4.57 Å². The minimum absolute atomic E-state index is 0.141. The number of nitrogens with zero attached hydrogens (tertiary/aromatic N) is 3. The fraction of sp³-hybridized carbons (Fsp3) is 0.812. The van der Waals surface area contributed by atoms with Crippen molar-refractivity contribution in [3.05, 3.63) is 17.2 Å². The molecule has 1 saturated heterocycles. The number of nitrogens with one attached hydrogen (secondary N) is 1. The molecule has 0 bridgehead atoms. The third kappa shape index (κ3) is 3.61. The number of aromatic nitrogens is 2. The number of hydrogen-bond donors (Lipinski definition) is 1. The second kappa shape index (κ2) is 6.91. The lowest BCUT2D eigenvalue weighted by Crippen LogP contribution is -2.36. The third-order valence-electron chi connectivity index (χ3n) is 5.17. The number of imidazole rings is 1. The maximum Gasteiger partial charge on any atom is 0.211 e. The van der Waals surface area contributed by atoms with Crippen LogP contribution in [0.4, 0.5) is 0 Å². The van der Waals surface area contributed by atoms with Gasteiger partial charge in [-0.25, -0.2) is 18.1 Å². The summed E-state index contributed by atoms with van der Waals surface area (Å²) in [7, 11) is -0.960. The molecular weight excluding hydrogens is 312 g/mol. The summed E-state index contributed by atoms with van der Waals surface area (Å²) in [5.41, 5.74) is 2.69. The Bertz CT molecular complexity index is 653. The van der Waals surface area contributed by atoms with E-state index in [-0.39, 0.29) is 5.75 Å². The van der Waals surface area contributed by atoms with E-state index in [9.17, 15) is 8.42 Å². The summed E-state index contributed by atoms with van der Waals surface area (Å²) in [5, 5.41) is 0. The molecule has 1 fully saturated rings. The molecule has 1 atom stereocenters. The van der Waals surface area contributed by atoms with Crippen LogP contribution in [0.5, 0.6) is 0 Å². The predicted octanol–water partition coefficient (Wildman–Crippen LogP) is 1.38. The van der Waals surface area contributed by atoms with Gasteiger partial charge in [-0.1, -0.05) is 0 Å². The van der Waals surface area contributed by atoms with E-state index in [1.165, 1.54) is 30.1 Å². The monoisotopic (exact) mass is 340 g/mol. The Balaban J connectivity index is 1.68. The molecular formula is C16H28N4O2S. The fourth-order valence-corrected chi connectivity index (χ4v) is 4.44. The molecule has 0 radical (unpaired) electrons. The molecule has 130 valence electrons. The molecule has 1 aliphatic heterocycles. The fourth-order valence-electron chi connectivity index (χ4n) is 3.84. The molecule has 1 aliphatic carbocycles. The Morgan fingerprint density at radius 2 is 2.04 bits per heavy atom. The van der Waals surface area contributed by atoms with Crippen LogP contribution in [0.25, 0.3) is 0 Å². The van der Waals surface area contributed by atoms with Gasteiger partial charge in [0.05, 0.1) is 17.5 Å². The quantitative estimate of drug-likeness (QED) is 0.849. The first-order valence-electron chi connectivity index (χ1n) is 8.77. The molecule has 3 rings (SSSR count). The second-order valence-electron chi connectivity index (χ2n) is 6.62. The summed E-state index contributed by atoms with van der Waals surface area (Å²) < 4.78 is 28.1. The normalized spacial score (nSPS) is 22.4. The number of likely N-dealkylation sites (tertiary alicyclic amines) is 1. The van der Waals surface area contributed by atoms with Crippen LogP contribution in [-0.2, 0) is 29.9 Å². The maximum absolute atomic E-state index is 11.6. The minimum atomic E-state index is -3.10. The van der Waals surface area contributed by atoms with E-state index in [4.69, 9.17) is 4.98 Å². The molecule has 0 amide bonds. The number of sulfonamides is 1. The highest BCUT2D eigenvalue weighted by Gasteiger charge is 2.31. The SMILES string of the molecule is CCS(=O)(=O)NCCN1CCC[C@H]1c1nc2c(n1C)CCCC2. The standard InChI is InChI=1S/C16H28N4O2S/c1-3-23(21,22)17-10-12-20-11-6-9-15(20)16-18-13-7-4-5-8-14(13)19(16)2/h15,17H,3-12H2,1-2H3/t15-/m0/s1. The van der Waals surface area contributed by atoms with E-state index >= 15 is 0 Å². The van der Waals surface area contributed by atoms with Crippen LogP contribution in [0.15, 0.2) is 0 Å². The molecule has 2 heterocycles. The van der Waals surface area contributed by atoms with Gasteiger partial charge in [0.25, 0.3) is 0 Å². The minimum Gasteiger partial charge on any atom is -0.334 e. The smallest absolute Gasteiger partial charge is 0.211 e. The number of fused-ring (bicyclic) bond motifs is 1. The zero-order valence-electron chi connectivity index (χ0n) is 14.2. The van der Waals surface area contributed by atoms with E-state index in [0.717, 1.165) is 38.8 Å². The van der Waals surface area contributed by atoms with Crippen molar-refractivity contribution in [3.63, 3.8) is 0 Å². The number of aryl methyl sites for hydroxylation is 1. The molecule has 0 spiro atoms. The Morgan fingerprint density at radius 1 is 1.26 bits per heavy atom. The van der Waals surface area contributed by atoms with Crippen LogP contribution in [-0.4, -0.2) is 48.3 Å².